The molecule has 2 aromatic carbocycles. The van der Waals surface area contributed by atoms with Crippen LogP contribution in [0.25, 0.3) is 0 Å². The van der Waals surface area contributed by atoms with Crippen molar-refractivity contribution in [2.24, 2.45) is 5.92 Å². The first kappa shape index (κ1) is 24.5. The second-order valence-corrected chi connectivity index (χ2v) is 9.32. The van der Waals surface area contributed by atoms with Gasteiger partial charge in [-0.1, -0.05) is 13.8 Å². The van der Waals surface area contributed by atoms with Gasteiger partial charge in [-0.2, -0.15) is 0 Å². The van der Waals surface area contributed by atoms with E-state index in [9.17, 15) is 4.79 Å². The van der Waals surface area contributed by atoms with Gasteiger partial charge in [-0.25, -0.2) is 0 Å². The predicted molar refractivity (Wildman–Crippen MR) is 134 cm³/mol. The van der Waals surface area contributed by atoms with Crippen LogP contribution in [0.5, 0.6) is 11.5 Å². The van der Waals surface area contributed by atoms with Gasteiger partial charge in [-0.3, -0.25) is 10.1 Å². The minimum atomic E-state index is -0.298. The van der Waals surface area contributed by atoms with Gasteiger partial charge < -0.3 is 19.5 Å². The Hall–Kier alpha value is -2.16. The van der Waals surface area contributed by atoms with E-state index in [1.54, 1.807) is 18.2 Å². The molecule has 1 amide bonds. The highest BCUT2D eigenvalue weighted by molar-refractivity contribution is 9.10. The van der Waals surface area contributed by atoms with E-state index in [2.05, 4.69) is 40.4 Å². The molecule has 0 radical (unpaired) electrons. The van der Waals surface area contributed by atoms with E-state index in [0.29, 0.717) is 30.4 Å². The van der Waals surface area contributed by atoms with Crippen LogP contribution in [0.4, 0.5) is 5.69 Å². The molecule has 0 spiro atoms. The zero-order valence-electron chi connectivity index (χ0n) is 18.4. The van der Waals surface area contributed by atoms with E-state index in [0.717, 1.165) is 41.8 Å². The molecule has 6 nitrogen and oxygen atoms in total. The topological polar surface area (TPSA) is 68.8 Å². The molecule has 1 saturated heterocycles. The number of anilines is 1. The number of nitrogens with one attached hydrogen (secondary N) is 2. The Balaban J connectivity index is 1.46. The van der Waals surface area contributed by atoms with E-state index in [4.69, 9.17) is 26.4 Å². The molecular weight excluding hydrogens is 492 g/mol. The quantitative estimate of drug-likeness (QED) is 0.422. The van der Waals surface area contributed by atoms with Crippen LogP contribution < -0.4 is 20.1 Å². The average molecular weight is 521 g/mol. The maximum atomic E-state index is 12.5. The van der Waals surface area contributed by atoms with Gasteiger partial charge in [0.05, 0.1) is 17.2 Å². The number of amides is 1. The summed E-state index contributed by atoms with van der Waals surface area (Å²) >= 11 is 8.75. The summed E-state index contributed by atoms with van der Waals surface area (Å²) in [5, 5.41) is 5.93. The molecule has 3 rings (SSSR count). The van der Waals surface area contributed by atoms with Crippen LogP contribution in [-0.2, 0) is 4.74 Å². The summed E-state index contributed by atoms with van der Waals surface area (Å²) in [5.74, 6) is 1.75. The van der Waals surface area contributed by atoms with Crippen molar-refractivity contribution < 1.29 is 19.0 Å². The molecule has 2 N–H and O–H groups in total. The Morgan fingerprint density at radius 2 is 2.00 bits per heavy atom. The van der Waals surface area contributed by atoms with Gasteiger partial charge in [0.2, 0.25) is 0 Å². The maximum Gasteiger partial charge on any atom is 0.257 e. The summed E-state index contributed by atoms with van der Waals surface area (Å²) in [6, 6.07) is 12.6. The highest BCUT2D eigenvalue weighted by Gasteiger charge is 2.16. The molecule has 0 saturated carbocycles. The molecule has 1 atom stereocenters. The van der Waals surface area contributed by atoms with E-state index >= 15 is 0 Å². The second-order valence-electron chi connectivity index (χ2n) is 8.05. The van der Waals surface area contributed by atoms with Gasteiger partial charge in [-0.15, -0.1) is 0 Å². The van der Waals surface area contributed by atoms with Crippen LogP contribution in [0.15, 0.2) is 46.9 Å². The lowest BCUT2D eigenvalue weighted by Gasteiger charge is -2.13. The Morgan fingerprint density at radius 1 is 1.22 bits per heavy atom. The smallest absolute Gasteiger partial charge is 0.257 e. The van der Waals surface area contributed by atoms with Crippen molar-refractivity contribution in [3.05, 3.63) is 52.5 Å². The zero-order valence-corrected chi connectivity index (χ0v) is 20.8. The van der Waals surface area contributed by atoms with Crippen molar-refractivity contribution in [2.45, 2.75) is 39.2 Å². The molecule has 0 aliphatic carbocycles. The number of benzene rings is 2. The number of carbonyl (C=O) groups excluding carboxylic acids is 1. The first-order chi connectivity index (χ1) is 15.4. The second kappa shape index (κ2) is 12.2. The molecule has 1 unspecified atom stereocenters. The van der Waals surface area contributed by atoms with Gasteiger partial charge in [-0.05, 0) is 95.8 Å². The number of hydrogen-bond acceptors (Lipinski definition) is 5. The van der Waals surface area contributed by atoms with Gasteiger partial charge in [0.1, 0.15) is 18.1 Å². The third-order valence-corrected chi connectivity index (χ3v) is 5.77. The summed E-state index contributed by atoms with van der Waals surface area (Å²) in [4.78, 5) is 12.5. The van der Waals surface area contributed by atoms with E-state index in [1.807, 2.05) is 24.3 Å². The summed E-state index contributed by atoms with van der Waals surface area (Å²) < 4.78 is 17.8. The van der Waals surface area contributed by atoms with Crippen LogP contribution in [0.3, 0.4) is 0 Å². The zero-order chi connectivity index (χ0) is 22.9. The largest absolute Gasteiger partial charge is 0.492 e. The molecule has 2 aromatic rings. The summed E-state index contributed by atoms with van der Waals surface area (Å²) in [7, 11) is 0. The van der Waals surface area contributed by atoms with E-state index in [-0.39, 0.29) is 17.1 Å². The lowest BCUT2D eigenvalue weighted by molar-refractivity contribution is 0.0679. The number of hydrogen-bond donors (Lipinski definition) is 2. The Bertz CT molecular complexity index is 915. The Labute approximate surface area is 203 Å². The molecule has 1 aliphatic rings. The van der Waals surface area contributed by atoms with Crippen molar-refractivity contribution in [3.8, 4) is 11.5 Å². The fourth-order valence-corrected chi connectivity index (χ4v) is 3.80. The van der Waals surface area contributed by atoms with Crippen molar-refractivity contribution in [2.75, 3.05) is 25.1 Å². The van der Waals surface area contributed by atoms with E-state index < -0.39 is 0 Å². The molecule has 1 fully saturated rings. The SMILES string of the molecule is CC(C)CCOc1ccc(C(=O)NC(=S)Nc2ccc(OCC3CCCO3)cc2)cc1Br. The third-order valence-electron chi connectivity index (χ3n) is 4.95. The standard InChI is InChI=1S/C24H29BrN2O4S/c1-16(2)11-13-30-22-10-5-17(14-21(22)25)23(28)27-24(32)26-18-6-8-19(9-7-18)31-15-20-4-3-12-29-20/h5-10,14,16,20H,3-4,11-13,15H2,1-2H3,(H2,26,27,28,32). The maximum absolute atomic E-state index is 12.5. The van der Waals surface area contributed by atoms with Crippen LogP contribution in [0.2, 0.25) is 0 Å². The third kappa shape index (κ3) is 7.76. The van der Waals surface area contributed by atoms with E-state index in [1.165, 1.54) is 0 Å². The molecule has 0 aromatic heterocycles. The first-order valence-corrected chi connectivity index (χ1v) is 12.0. The normalized spacial score (nSPS) is 15.4. The van der Waals surface area contributed by atoms with Crippen molar-refractivity contribution in [3.63, 3.8) is 0 Å². The Morgan fingerprint density at radius 3 is 2.66 bits per heavy atom. The van der Waals surface area contributed by atoms with Gasteiger partial charge in [0.15, 0.2) is 5.11 Å². The molecule has 0 bridgehead atoms. The predicted octanol–water partition coefficient (Wildman–Crippen LogP) is 5.56. The molecule has 172 valence electrons. The number of thiocarbonyl (C=S) groups is 1. The van der Waals surface area contributed by atoms with Crippen molar-refractivity contribution in [1.82, 2.24) is 5.32 Å². The highest BCUT2D eigenvalue weighted by atomic mass is 79.9. The number of rotatable bonds is 9. The average Bonchev–Trinajstić information content (AvgIpc) is 3.27. The first-order valence-electron chi connectivity index (χ1n) is 10.8. The summed E-state index contributed by atoms with van der Waals surface area (Å²) in [5.41, 5.74) is 1.24. The van der Waals surface area contributed by atoms with Crippen LogP contribution in [0.1, 0.15) is 43.5 Å². The minimum Gasteiger partial charge on any atom is -0.492 e. The molecule has 1 heterocycles. The highest BCUT2D eigenvalue weighted by Crippen LogP contribution is 2.26. The molecule has 8 heteroatoms. The minimum absolute atomic E-state index is 0.177. The lowest BCUT2D eigenvalue weighted by atomic mass is 10.1. The van der Waals surface area contributed by atoms with Crippen LogP contribution in [0, 0.1) is 5.92 Å². The molecule has 32 heavy (non-hydrogen) atoms. The Kier molecular flexibility index (Phi) is 9.32. The molecular formula is C24H29BrN2O4S. The summed E-state index contributed by atoms with van der Waals surface area (Å²) in [6.07, 6.45) is 3.28. The van der Waals surface area contributed by atoms with Crippen molar-refractivity contribution in [1.29, 1.82) is 0 Å². The van der Waals surface area contributed by atoms with Gasteiger partial charge >= 0.3 is 0 Å². The van der Waals surface area contributed by atoms with Crippen LogP contribution in [-0.4, -0.2) is 36.9 Å². The monoisotopic (exact) mass is 520 g/mol. The number of ether oxygens (including phenoxy) is 3. The van der Waals surface area contributed by atoms with Crippen LogP contribution >= 0.6 is 28.1 Å². The molecule has 1 aliphatic heterocycles. The van der Waals surface area contributed by atoms with Gasteiger partial charge in [0.25, 0.3) is 5.91 Å². The number of carbonyl (C=O) groups is 1. The fourth-order valence-electron chi connectivity index (χ4n) is 3.10. The summed E-state index contributed by atoms with van der Waals surface area (Å²) in [6.45, 7) is 6.30. The number of halogens is 1. The fraction of sp³-hybridized carbons (Fsp3) is 0.417. The van der Waals surface area contributed by atoms with Crippen molar-refractivity contribution >= 4 is 44.9 Å². The lowest BCUT2D eigenvalue weighted by Crippen LogP contribution is -2.34. The van der Waals surface area contributed by atoms with Gasteiger partial charge in [0, 0.05) is 17.9 Å².